The summed E-state index contributed by atoms with van der Waals surface area (Å²) in [6.45, 7) is 4.44. The van der Waals surface area contributed by atoms with Gasteiger partial charge in [-0.1, -0.05) is 19.1 Å². The number of esters is 1. The van der Waals surface area contributed by atoms with Crippen molar-refractivity contribution in [2.24, 2.45) is 11.8 Å². The normalized spacial score (nSPS) is 28.5. The van der Waals surface area contributed by atoms with Crippen LogP contribution in [0.15, 0.2) is 12.2 Å². The van der Waals surface area contributed by atoms with Gasteiger partial charge in [0.05, 0.1) is 12.5 Å². The number of hydrogen-bond donors (Lipinski definition) is 0. The number of carbonyl (C=O) groups excluding carboxylic acids is 1. The Kier molecular flexibility index (Phi) is 3.32. The van der Waals surface area contributed by atoms with E-state index in [-0.39, 0.29) is 11.9 Å². The number of hydrogen-bond acceptors (Lipinski definition) is 2. The van der Waals surface area contributed by atoms with Crippen LogP contribution in [0.2, 0.25) is 0 Å². The summed E-state index contributed by atoms with van der Waals surface area (Å²) in [6.07, 6.45) is 6.06. The van der Waals surface area contributed by atoms with Gasteiger partial charge in [-0.05, 0) is 25.7 Å². The topological polar surface area (TPSA) is 26.3 Å². The highest BCUT2D eigenvalue weighted by Gasteiger charge is 2.26. The van der Waals surface area contributed by atoms with Crippen LogP contribution in [0.1, 0.15) is 26.7 Å². The first kappa shape index (κ1) is 9.30. The van der Waals surface area contributed by atoms with Gasteiger partial charge in [0, 0.05) is 0 Å². The lowest BCUT2D eigenvalue weighted by Crippen LogP contribution is -2.25. The molecule has 2 atom stereocenters. The van der Waals surface area contributed by atoms with Gasteiger partial charge in [-0.3, -0.25) is 4.79 Å². The van der Waals surface area contributed by atoms with Crippen LogP contribution in [0, 0.1) is 11.8 Å². The smallest absolute Gasteiger partial charge is 0.309 e. The first-order valence-electron chi connectivity index (χ1n) is 4.57. The van der Waals surface area contributed by atoms with Gasteiger partial charge in [-0.25, -0.2) is 0 Å². The van der Waals surface area contributed by atoms with Gasteiger partial charge in [0.15, 0.2) is 0 Å². The predicted octanol–water partition coefficient (Wildman–Crippen LogP) is 2.15. The highest BCUT2D eigenvalue weighted by Crippen LogP contribution is 2.25. The molecule has 0 unspecified atom stereocenters. The standard InChI is InChI=1S/C10H16O2/c1-3-12-10(11)9-7-5-4-6-8(9)2/h4-5,8-9H,3,6-7H2,1-2H3/t8-,9+/m0/s1. The Morgan fingerprint density at radius 1 is 1.50 bits per heavy atom. The number of allylic oxidation sites excluding steroid dienone is 2. The Morgan fingerprint density at radius 3 is 2.75 bits per heavy atom. The average Bonchev–Trinajstić information content (AvgIpc) is 2.05. The third kappa shape index (κ3) is 2.10. The molecule has 0 spiro atoms. The minimum Gasteiger partial charge on any atom is -0.466 e. The molecule has 0 heterocycles. The molecule has 0 fully saturated rings. The third-order valence-electron chi connectivity index (χ3n) is 2.34. The molecular weight excluding hydrogens is 152 g/mol. The first-order valence-corrected chi connectivity index (χ1v) is 4.57. The molecule has 2 nitrogen and oxygen atoms in total. The van der Waals surface area contributed by atoms with E-state index in [9.17, 15) is 4.79 Å². The van der Waals surface area contributed by atoms with Crippen LogP contribution >= 0.6 is 0 Å². The molecule has 0 saturated carbocycles. The molecule has 0 bridgehead atoms. The molecule has 12 heavy (non-hydrogen) atoms. The summed E-state index contributed by atoms with van der Waals surface area (Å²) in [5.41, 5.74) is 0. The predicted molar refractivity (Wildman–Crippen MR) is 47.7 cm³/mol. The Balaban J connectivity index is 2.49. The molecule has 0 radical (unpaired) electrons. The Morgan fingerprint density at radius 2 is 2.17 bits per heavy atom. The summed E-state index contributed by atoms with van der Waals surface area (Å²) in [5.74, 6) is 0.498. The van der Waals surface area contributed by atoms with Gasteiger partial charge in [0.1, 0.15) is 0 Å². The molecule has 0 aromatic carbocycles. The van der Waals surface area contributed by atoms with E-state index in [2.05, 4.69) is 19.1 Å². The van der Waals surface area contributed by atoms with Crippen LogP contribution < -0.4 is 0 Å². The van der Waals surface area contributed by atoms with E-state index in [1.165, 1.54) is 0 Å². The maximum Gasteiger partial charge on any atom is 0.309 e. The van der Waals surface area contributed by atoms with Crippen LogP contribution in [-0.4, -0.2) is 12.6 Å². The lowest BCUT2D eigenvalue weighted by Gasteiger charge is -2.22. The van der Waals surface area contributed by atoms with Crippen LogP contribution in [-0.2, 0) is 9.53 Å². The van der Waals surface area contributed by atoms with Crippen molar-refractivity contribution >= 4 is 5.97 Å². The SMILES string of the molecule is CCOC(=O)[C@@H]1CC=CC[C@@H]1C. The molecule has 0 saturated heterocycles. The van der Waals surface area contributed by atoms with Crippen molar-refractivity contribution in [3.8, 4) is 0 Å². The summed E-state index contributed by atoms with van der Waals surface area (Å²) in [6, 6.07) is 0. The summed E-state index contributed by atoms with van der Waals surface area (Å²) < 4.78 is 4.98. The van der Waals surface area contributed by atoms with Crippen LogP contribution in [0.25, 0.3) is 0 Å². The van der Waals surface area contributed by atoms with Crippen molar-refractivity contribution in [3.63, 3.8) is 0 Å². The van der Waals surface area contributed by atoms with Crippen molar-refractivity contribution in [1.29, 1.82) is 0 Å². The summed E-state index contributed by atoms with van der Waals surface area (Å²) in [5, 5.41) is 0. The lowest BCUT2D eigenvalue weighted by molar-refractivity contribution is -0.149. The van der Waals surface area contributed by atoms with E-state index in [1.807, 2.05) is 6.92 Å². The number of carbonyl (C=O) groups is 1. The van der Waals surface area contributed by atoms with Gasteiger partial charge in [0.25, 0.3) is 0 Å². The largest absolute Gasteiger partial charge is 0.466 e. The van der Waals surface area contributed by atoms with Crippen molar-refractivity contribution in [3.05, 3.63) is 12.2 Å². The zero-order valence-electron chi connectivity index (χ0n) is 7.75. The quantitative estimate of drug-likeness (QED) is 0.466. The van der Waals surface area contributed by atoms with Gasteiger partial charge in [-0.15, -0.1) is 0 Å². The third-order valence-corrected chi connectivity index (χ3v) is 2.34. The van der Waals surface area contributed by atoms with Crippen LogP contribution in [0.3, 0.4) is 0 Å². The molecule has 2 heteroatoms. The van der Waals surface area contributed by atoms with Crippen LogP contribution in [0.5, 0.6) is 0 Å². The number of rotatable bonds is 2. The van der Waals surface area contributed by atoms with E-state index >= 15 is 0 Å². The maximum absolute atomic E-state index is 11.4. The second kappa shape index (κ2) is 4.29. The van der Waals surface area contributed by atoms with Crippen molar-refractivity contribution in [1.82, 2.24) is 0 Å². The Bertz CT molecular complexity index is 184. The molecule has 1 rings (SSSR count). The molecule has 0 N–H and O–H groups in total. The van der Waals surface area contributed by atoms with E-state index in [1.54, 1.807) is 0 Å². The highest BCUT2D eigenvalue weighted by molar-refractivity contribution is 5.73. The second-order valence-electron chi connectivity index (χ2n) is 3.28. The first-order chi connectivity index (χ1) is 5.75. The molecule has 68 valence electrons. The molecule has 0 aromatic heterocycles. The maximum atomic E-state index is 11.4. The van der Waals surface area contributed by atoms with Gasteiger partial charge in [-0.2, -0.15) is 0 Å². The van der Waals surface area contributed by atoms with E-state index in [0.29, 0.717) is 12.5 Å². The van der Waals surface area contributed by atoms with Crippen molar-refractivity contribution in [2.75, 3.05) is 6.61 Å². The fourth-order valence-electron chi connectivity index (χ4n) is 1.53. The molecule has 0 aromatic rings. The zero-order chi connectivity index (χ0) is 8.97. The molecular formula is C10H16O2. The minimum absolute atomic E-state index is 0.0330. The van der Waals surface area contributed by atoms with Gasteiger partial charge in [0.2, 0.25) is 0 Å². The van der Waals surface area contributed by atoms with E-state index in [4.69, 9.17) is 4.74 Å². The van der Waals surface area contributed by atoms with E-state index < -0.39 is 0 Å². The fraction of sp³-hybridized carbons (Fsp3) is 0.700. The molecule has 0 aliphatic heterocycles. The zero-order valence-corrected chi connectivity index (χ0v) is 7.75. The Labute approximate surface area is 73.6 Å². The van der Waals surface area contributed by atoms with Gasteiger partial charge < -0.3 is 4.74 Å². The van der Waals surface area contributed by atoms with Gasteiger partial charge >= 0.3 is 5.97 Å². The van der Waals surface area contributed by atoms with Crippen molar-refractivity contribution < 1.29 is 9.53 Å². The Hall–Kier alpha value is -0.790. The fourth-order valence-corrected chi connectivity index (χ4v) is 1.53. The summed E-state index contributed by atoms with van der Waals surface area (Å²) in [4.78, 5) is 11.4. The van der Waals surface area contributed by atoms with E-state index in [0.717, 1.165) is 12.8 Å². The average molecular weight is 168 g/mol. The summed E-state index contributed by atoms with van der Waals surface area (Å²) >= 11 is 0. The van der Waals surface area contributed by atoms with Crippen molar-refractivity contribution in [2.45, 2.75) is 26.7 Å². The van der Waals surface area contributed by atoms with Crippen LogP contribution in [0.4, 0.5) is 0 Å². The highest BCUT2D eigenvalue weighted by atomic mass is 16.5. The minimum atomic E-state index is -0.0330. The molecule has 1 aliphatic carbocycles. The monoisotopic (exact) mass is 168 g/mol. The molecule has 0 amide bonds. The number of ether oxygens (including phenoxy) is 1. The second-order valence-corrected chi connectivity index (χ2v) is 3.28. The summed E-state index contributed by atoms with van der Waals surface area (Å²) in [7, 11) is 0. The lowest BCUT2D eigenvalue weighted by atomic mass is 9.84. The molecule has 1 aliphatic rings.